The van der Waals surface area contributed by atoms with Crippen molar-refractivity contribution in [3.63, 3.8) is 0 Å². The van der Waals surface area contributed by atoms with Crippen molar-refractivity contribution in [3.05, 3.63) is 72.1 Å². The van der Waals surface area contributed by atoms with E-state index in [2.05, 4.69) is 20.4 Å². The van der Waals surface area contributed by atoms with Gasteiger partial charge in [0.1, 0.15) is 17.9 Å². The normalized spacial score (nSPS) is 11.6. The van der Waals surface area contributed by atoms with Crippen molar-refractivity contribution in [1.82, 2.24) is 19.6 Å². The van der Waals surface area contributed by atoms with Gasteiger partial charge in [-0.15, -0.1) is 0 Å². The van der Waals surface area contributed by atoms with E-state index in [1.807, 2.05) is 24.3 Å². The molecule has 30 heavy (non-hydrogen) atoms. The van der Waals surface area contributed by atoms with E-state index in [0.717, 1.165) is 29.9 Å². The Kier molecular flexibility index (Phi) is 5.26. The van der Waals surface area contributed by atoms with E-state index in [1.54, 1.807) is 17.7 Å². The molecule has 0 saturated heterocycles. The van der Waals surface area contributed by atoms with Crippen LogP contribution in [0.3, 0.4) is 0 Å². The average molecular weight is 413 g/mol. The summed E-state index contributed by atoms with van der Waals surface area (Å²) in [5.74, 6) is 1.81. The minimum Gasteiger partial charge on any atom is -0.497 e. The van der Waals surface area contributed by atoms with Gasteiger partial charge in [-0.1, -0.05) is 24.3 Å². The maximum absolute atomic E-state index is 12.8. The average Bonchev–Trinajstić information content (AvgIpc) is 3.22. The van der Waals surface area contributed by atoms with E-state index in [4.69, 9.17) is 4.74 Å². The fraction of sp³-hybridized carbons (Fsp3) is 0.190. The molecule has 0 saturated carbocycles. The second-order valence-corrected chi connectivity index (χ2v) is 6.60. The molecule has 2 heterocycles. The fourth-order valence-corrected chi connectivity index (χ4v) is 3.04. The summed E-state index contributed by atoms with van der Waals surface area (Å²) in [7, 11) is 1.62. The number of fused-ring (bicyclic) bond motifs is 1. The molecule has 0 unspecified atom stereocenters. The molecule has 0 bridgehead atoms. The maximum atomic E-state index is 12.8. The first-order chi connectivity index (χ1) is 14.4. The van der Waals surface area contributed by atoms with Crippen molar-refractivity contribution in [1.29, 1.82) is 0 Å². The third kappa shape index (κ3) is 4.19. The van der Waals surface area contributed by atoms with E-state index >= 15 is 0 Å². The summed E-state index contributed by atoms with van der Waals surface area (Å²) in [6.45, 7) is 0.623. The van der Waals surface area contributed by atoms with Crippen LogP contribution < -0.4 is 10.1 Å². The number of ether oxygens (including phenoxy) is 1. The van der Waals surface area contributed by atoms with Crippen molar-refractivity contribution in [3.8, 4) is 17.0 Å². The Morgan fingerprint density at radius 2 is 1.77 bits per heavy atom. The van der Waals surface area contributed by atoms with Crippen LogP contribution in [0.25, 0.3) is 17.0 Å². The van der Waals surface area contributed by atoms with Crippen LogP contribution in [-0.4, -0.2) is 33.2 Å². The summed E-state index contributed by atoms with van der Waals surface area (Å²) >= 11 is 0. The first-order valence-corrected chi connectivity index (χ1v) is 9.19. The van der Waals surface area contributed by atoms with Crippen LogP contribution in [-0.2, 0) is 12.6 Å². The molecule has 154 valence electrons. The summed E-state index contributed by atoms with van der Waals surface area (Å²) in [6.07, 6.45) is -2.23. The largest absolute Gasteiger partial charge is 0.497 e. The zero-order chi connectivity index (χ0) is 21.1. The zero-order valence-corrected chi connectivity index (χ0v) is 16.0. The molecule has 2 aromatic heterocycles. The molecule has 2 aromatic carbocycles. The lowest BCUT2D eigenvalue weighted by atomic mass is 10.1. The van der Waals surface area contributed by atoms with Gasteiger partial charge in [-0.3, -0.25) is 0 Å². The minimum absolute atomic E-state index is 0.361. The molecule has 0 aliphatic rings. The van der Waals surface area contributed by atoms with Gasteiger partial charge in [-0.05, 0) is 36.2 Å². The summed E-state index contributed by atoms with van der Waals surface area (Å²) in [6, 6.07) is 14.4. The number of alkyl halides is 3. The highest BCUT2D eigenvalue weighted by atomic mass is 19.4. The zero-order valence-electron chi connectivity index (χ0n) is 16.0. The van der Waals surface area contributed by atoms with Gasteiger partial charge in [0.2, 0.25) is 0 Å². The van der Waals surface area contributed by atoms with Crippen LogP contribution in [0.1, 0.15) is 11.1 Å². The van der Waals surface area contributed by atoms with Crippen LogP contribution in [0.4, 0.5) is 19.0 Å². The van der Waals surface area contributed by atoms with Gasteiger partial charge in [-0.2, -0.15) is 27.8 Å². The van der Waals surface area contributed by atoms with Gasteiger partial charge in [0, 0.05) is 18.2 Å². The number of anilines is 1. The van der Waals surface area contributed by atoms with Crippen LogP contribution >= 0.6 is 0 Å². The molecule has 4 aromatic rings. The number of hydrogen-bond donors (Lipinski definition) is 1. The Hall–Kier alpha value is -3.62. The van der Waals surface area contributed by atoms with Crippen molar-refractivity contribution in [2.24, 2.45) is 0 Å². The van der Waals surface area contributed by atoms with Gasteiger partial charge in [0.05, 0.1) is 18.4 Å². The molecule has 1 N–H and O–H groups in total. The van der Waals surface area contributed by atoms with Crippen molar-refractivity contribution >= 4 is 11.6 Å². The lowest BCUT2D eigenvalue weighted by Crippen LogP contribution is -2.10. The Morgan fingerprint density at radius 3 is 2.43 bits per heavy atom. The van der Waals surface area contributed by atoms with Crippen LogP contribution in [0, 0.1) is 0 Å². The van der Waals surface area contributed by atoms with E-state index in [0.29, 0.717) is 29.4 Å². The van der Waals surface area contributed by atoms with Gasteiger partial charge in [0.15, 0.2) is 0 Å². The fourth-order valence-electron chi connectivity index (χ4n) is 3.04. The van der Waals surface area contributed by atoms with E-state index in [-0.39, 0.29) is 0 Å². The molecular weight excluding hydrogens is 395 g/mol. The van der Waals surface area contributed by atoms with Crippen LogP contribution in [0.5, 0.6) is 5.75 Å². The molecule has 4 rings (SSSR count). The van der Waals surface area contributed by atoms with Crippen LogP contribution in [0.2, 0.25) is 0 Å². The second kappa shape index (κ2) is 8.02. The highest BCUT2D eigenvalue weighted by Crippen LogP contribution is 2.31. The van der Waals surface area contributed by atoms with Crippen molar-refractivity contribution in [2.45, 2.75) is 12.6 Å². The Morgan fingerprint density at radius 1 is 1.03 bits per heavy atom. The smallest absolute Gasteiger partial charge is 0.416 e. The molecule has 0 spiro atoms. The number of benzene rings is 2. The van der Waals surface area contributed by atoms with Crippen molar-refractivity contribution < 1.29 is 17.9 Å². The van der Waals surface area contributed by atoms with E-state index < -0.39 is 11.7 Å². The lowest BCUT2D eigenvalue weighted by molar-refractivity contribution is -0.137. The number of aromatic nitrogens is 4. The predicted octanol–water partition coefficient (Wildman–Crippen LogP) is 4.47. The quantitative estimate of drug-likeness (QED) is 0.505. The molecule has 0 atom stereocenters. The SMILES string of the molecule is COc1ccc(CCNc2cc(-c3ccc(C(F)(F)F)cc3)nc3ncnn23)cc1. The first-order valence-electron chi connectivity index (χ1n) is 9.19. The molecule has 0 aliphatic carbocycles. The molecule has 6 nitrogen and oxygen atoms in total. The summed E-state index contributed by atoms with van der Waals surface area (Å²) in [5, 5.41) is 7.47. The van der Waals surface area contributed by atoms with Gasteiger partial charge < -0.3 is 10.1 Å². The predicted molar refractivity (Wildman–Crippen MR) is 106 cm³/mol. The molecule has 9 heteroatoms. The number of nitrogens with one attached hydrogen (secondary N) is 1. The minimum atomic E-state index is -4.38. The Balaban J connectivity index is 1.55. The Bertz CT molecular complexity index is 1140. The summed E-state index contributed by atoms with van der Waals surface area (Å²) < 4.78 is 45.2. The highest BCUT2D eigenvalue weighted by Gasteiger charge is 2.30. The van der Waals surface area contributed by atoms with Crippen LogP contribution in [0.15, 0.2) is 60.9 Å². The van der Waals surface area contributed by atoms with Gasteiger partial charge in [-0.25, -0.2) is 4.98 Å². The third-order valence-electron chi connectivity index (χ3n) is 4.64. The number of halogens is 3. The monoisotopic (exact) mass is 413 g/mol. The third-order valence-corrected chi connectivity index (χ3v) is 4.64. The van der Waals surface area contributed by atoms with Crippen molar-refractivity contribution in [2.75, 3.05) is 19.0 Å². The molecule has 0 radical (unpaired) electrons. The number of methoxy groups -OCH3 is 1. The lowest BCUT2D eigenvalue weighted by Gasteiger charge is -2.11. The first kappa shape index (κ1) is 19.7. The van der Waals surface area contributed by atoms with E-state index in [1.165, 1.54) is 18.5 Å². The Labute approximate surface area is 170 Å². The number of hydrogen-bond acceptors (Lipinski definition) is 5. The van der Waals surface area contributed by atoms with Gasteiger partial charge >= 0.3 is 6.18 Å². The molecular formula is C21H18F3N5O. The van der Waals surface area contributed by atoms with Gasteiger partial charge in [0.25, 0.3) is 5.78 Å². The molecule has 0 amide bonds. The molecule has 0 aliphatic heterocycles. The second-order valence-electron chi connectivity index (χ2n) is 6.60. The summed E-state index contributed by atoms with van der Waals surface area (Å²) in [4.78, 5) is 8.51. The van der Waals surface area contributed by atoms with E-state index in [9.17, 15) is 13.2 Å². The number of nitrogens with zero attached hydrogens (tertiary/aromatic N) is 4. The molecule has 0 fully saturated rings. The maximum Gasteiger partial charge on any atom is 0.416 e. The topological polar surface area (TPSA) is 64.3 Å². The number of rotatable bonds is 6. The highest BCUT2D eigenvalue weighted by molar-refractivity contribution is 5.65. The summed E-state index contributed by atoms with van der Waals surface area (Å²) in [5.41, 5.74) is 1.51. The standard InChI is InChI=1S/C21H18F3N5O/c1-30-17-8-2-14(3-9-17)10-11-25-19-12-18(28-20-26-13-27-29(19)20)15-4-6-16(7-5-15)21(22,23)24/h2-9,12-13,25H,10-11H2,1H3.